The molecule has 1 saturated heterocycles. The molecule has 2 rings (SSSR count). The van der Waals surface area contributed by atoms with Gasteiger partial charge < -0.3 is 10.6 Å². The number of hydrogen-bond donors (Lipinski definition) is 2. The Labute approximate surface area is 119 Å². The predicted octanol–water partition coefficient (Wildman–Crippen LogP) is 1.64. The highest BCUT2D eigenvalue weighted by Crippen LogP contribution is 2.17. The van der Waals surface area contributed by atoms with Crippen molar-refractivity contribution in [2.24, 2.45) is 5.73 Å². The number of nitrogens with zero attached hydrogens (tertiary/aromatic N) is 2. The lowest BCUT2D eigenvalue weighted by Gasteiger charge is -2.36. The fourth-order valence-corrected chi connectivity index (χ4v) is 2.75. The van der Waals surface area contributed by atoms with Crippen LogP contribution in [0.4, 0.5) is 4.39 Å². The smallest absolute Gasteiger partial charge is 0.124 e. The summed E-state index contributed by atoms with van der Waals surface area (Å²) in [5.41, 5.74) is 6.79. The highest BCUT2D eigenvalue weighted by molar-refractivity contribution is 5.95. The van der Waals surface area contributed by atoms with E-state index in [0.29, 0.717) is 18.2 Å². The lowest BCUT2D eigenvalue weighted by atomic mass is 10.0. The molecule has 1 fully saturated rings. The number of amidine groups is 1. The third-order valence-electron chi connectivity index (χ3n) is 3.89. The highest BCUT2D eigenvalue weighted by atomic mass is 19.1. The quantitative estimate of drug-likeness (QED) is 0.650. The second kappa shape index (κ2) is 6.33. The van der Waals surface area contributed by atoms with Gasteiger partial charge in [-0.25, -0.2) is 4.39 Å². The molecule has 0 amide bonds. The van der Waals surface area contributed by atoms with E-state index in [1.807, 2.05) is 6.07 Å². The van der Waals surface area contributed by atoms with E-state index >= 15 is 0 Å². The van der Waals surface area contributed by atoms with Crippen LogP contribution in [0.1, 0.15) is 24.0 Å². The maximum absolute atomic E-state index is 13.6. The van der Waals surface area contributed by atoms with Crippen molar-refractivity contribution >= 4 is 5.84 Å². The topological polar surface area (TPSA) is 56.4 Å². The van der Waals surface area contributed by atoms with Crippen LogP contribution in [0.25, 0.3) is 0 Å². The van der Waals surface area contributed by atoms with Crippen LogP contribution in [-0.2, 0) is 6.54 Å². The molecular formula is C15H23FN4. The minimum Gasteiger partial charge on any atom is -0.384 e. The number of rotatable bonds is 4. The Hall–Kier alpha value is -1.46. The lowest BCUT2D eigenvalue weighted by Crippen LogP contribution is -2.44. The standard InChI is InChI=1S/C15H23FN4/c1-19(2)14-4-3-5-20(10-14)9-11-6-12(15(17)18)8-13(16)7-11/h6-8,14H,3-5,9-10H2,1-2H3,(H3,17,18). The Balaban J connectivity index is 2.07. The van der Waals surface area contributed by atoms with E-state index in [4.69, 9.17) is 11.1 Å². The molecule has 1 atom stereocenters. The molecule has 20 heavy (non-hydrogen) atoms. The fraction of sp³-hybridized carbons (Fsp3) is 0.533. The molecule has 1 aromatic carbocycles. The summed E-state index contributed by atoms with van der Waals surface area (Å²) in [4.78, 5) is 4.59. The van der Waals surface area contributed by atoms with E-state index in [1.54, 1.807) is 0 Å². The first-order chi connectivity index (χ1) is 9.45. The zero-order chi connectivity index (χ0) is 14.7. The number of halogens is 1. The number of piperidine rings is 1. The molecule has 110 valence electrons. The van der Waals surface area contributed by atoms with E-state index in [2.05, 4.69) is 23.9 Å². The number of likely N-dealkylation sites (tertiary alicyclic amines) is 1. The van der Waals surface area contributed by atoms with Crippen molar-refractivity contribution in [1.29, 1.82) is 5.41 Å². The molecule has 0 saturated carbocycles. The van der Waals surface area contributed by atoms with Crippen molar-refractivity contribution in [1.82, 2.24) is 9.80 Å². The monoisotopic (exact) mass is 278 g/mol. The molecule has 1 heterocycles. The van der Waals surface area contributed by atoms with Gasteiger partial charge in [0.05, 0.1) is 0 Å². The van der Waals surface area contributed by atoms with Gasteiger partial charge in [0.2, 0.25) is 0 Å². The van der Waals surface area contributed by atoms with Crippen LogP contribution in [0.5, 0.6) is 0 Å². The Morgan fingerprint density at radius 1 is 1.45 bits per heavy atom. The average molecular weight is 278 g/mol. The van der Waals surface area contributed by atoms with Gasteiger partial charge in [-0.1, -0.05) is 0 Å². The van der Waals surface area contributed by atoms with Crippen LogP contribution in [-0.4, -0.2) is 48.9 Å². The van der Waals surface area contributed by atoms with Crippen LogP contribution in [0, 0.1) is 11.2 Å². The zero-order valence-corrected chi connectivity index (χ0v) is 12.2. The van der Waals surface area contributed by atoms with Crippen molar-refractivity contribution in [2.45, 2.75) is 25.4 Å². The van der Waals surface area contributed by atoms with Crippen LogP contribution in [0.15, 0.2) is 18.2 Å². The SMILES string of the molecule is CN(C)C1CCCN(Cc2cc(F)cc(C(=N)N)c2)C1. The average Bonchev–Trinajstić information content (AvgIpc) is 2.38. The molecule has 0 spiro atoms. The van der Waals surface area contributed by atoms with Crippen molar-refractivity contribution < 1.29 is 4.39 Å². The van der Waals surface area contributed by atoms with Gasteiger partial charge in [0.1, 0.15) is 11.7 Å². The van der Waals surface area contributed by atoms with E-state index < -0.39 is 0 Å². The van der Waals surface area contributed by atoms with Gasteiger partial charge in [-0.05, 0) is 57.2 Å². The number of nitrogens with two attached hydrogens (primary N) is 1. The Morgan fingerprint density at radius 3 is 2.85 bits per heavy atom. The molecule has 1 unspecified atom stereocenters. The summed E-state index contributed by atoms with van der Waals surface area (Å²) >= 11 is 0. The molecule has 4 nitrogen and oxygen atoms in total. The highest BCUT2D eigenvalue weighted by Gasteiger charge is 2.21. The maximum atomic E-state index is 13.6. The summed E-state index contributed by atoms with van der Waals surface area (Å²) in [6.45, 7) is 2.75. The molecule has 1 aromatic rings. The molecule has 1 aliphatic heterocycles. The number of benzene rings is 1. The van der Waals surface area contributed by atoms with Crippen LogP contribution >= 0.6 is 0 Å². The summed E-state index contributed by atoms with van der Waals surface area (Å²) in [6, 6.07) is 5.21. The van der Waals surface area contributed by atoms with Gasteiger partial charge in [-0.15, -0.1) is 0 Å². The number of nitrogens with one attached hydrogen (secondary N) is 1. The minimum atomic E-state index is -0.325. The van der Waals surface area contributed by atoms with Crippen molar-refractivity contribution in [2.75, 3.05) is 27.2 Å². The first kappa shape index (κ1) is 14.9. The lowest BCUT2D eigenvalue weighted by molar-refractivity contribution is 0.128. The van der Waals surface area contributed by atoms with E-state index in [0.717, 1.165) is 25.1 Å². The number of nitrogen functional groups attached to an aromatic ring is 1. The molecule has 5 heteroatoms. The van der Waals surface area contributed by atoms with E-state index in [9.17, 15) is 4.39 Å². The third-order valence-corrected chi connectivity index (χ3v) is 3.89. The largest absolute Gasteiger partial charge is 0.384 e. The van der Waals surface area contributed by atoms with Gasteiger partial charge in [0.25, 0.3) is 0 Å². The van der Waals surface area contributed by atoms with Crippen molar-refractivity contribution in [3.63, 3.8) is 0 Å². The van der Waals surface area contributed by atoms with E-state index in [1.165, 1.54) is 18.6 Å². The van der Waals surface area contributed by atoms with Crippen LogP contribution in [0.2, 0.25) is 0 Å². The Morgan fingerprint density at radius 2 is 2.20 bits per heavy atom. The summed E-state index contributed by atoms with van der Waals surface area (Å²) < 4.78 is 13.6. The van der Waals surface area contributed by atoms with Crippen LogP contribution < -0.4 is 5.73 Å². The first-order valence-corrected chi connectivity index (χ1v) is 6.98. The molecular weight excluding hydrogens is 255 g/mol. The van der Waals surface area contributed by atoms with Gasteiger partial charge in [0.15, 0.2) is 0 Å². The number of hydrogen-bond acceptors (Lipinski definition) is 3. The second-order valence-electron chi connectivity index (χ2n) is 5.76. The van der Waals surface area contributed by atoms with E-state index in [-0.39, 0.29) is 11.7 Å². The van der Waals surface area contributed by atoms with Gasteiger partial charge in [-0.2, -0.15) is 0 Å². The molecule has 0 radical (unpaired) electrons. The zero-order valence-electron chi connectivity index (χ0n) is 12.2. The minimum absolute atomic E-state index is 0.0874. The summed E-state index contributed by atoms with van der Waals surface area (Å²) in [6.07, 6.45) is 2.38. The Kier molecular flexibility index (Phi) is 4.73. The summed E-state index contributed by atoms with van der Waals surface area (Å²) in [5.74, 6) is -0.413. The maximum Gasteiger partial charge on any atom is 0.124 e. The molecule has 0 aromatic heterocycles. The second-order valence-corrected chi connectivity index (χ2v) is 5.76. The molecule has 1 aliphatic rings. The summed E-state index contributed by atoms with van der Waals surface area (Å²) in [5, 5.41) is 7.43. The van der Waals surface area contributed by atoms with Gasteiger partial charge >= 0.3 is 0 Å². The molecule has 0 bridgehead atoms. The van der Waals surface area contributed by atoms with Gasteiger partial charge in [-0.3, -0.25) is 10.3 Å². The van der Waals surface area contributed by atoms with Gasteiger partial charge in [0, 0.05) is 24.7 Å². The van der Waals surface area contributed by atoms with Crippen molar-refractivity contribution in [3.8, 4) is 0 Å². The first-order valence-electron chi connectivity index (χ1n) is 6.98. The molecule has 3 N–H and O–H groups in total. The molecule has 0 aliphatic carbocycles. The van der Waals surface area contributed by atoms with Crippen molar-refractivity contribution in [3.05, 3.63) is 35.1 Å². The number of likely N-dealkylation sites (N-methyl/N-ethyl adjacent to an activating group) is 1. The third kappa shape index (κ3) is 3.77. The summed E-state index contributed by atoms with van der Waals surface area (Å²) in [7, 11) is 4.20. The van der Waals surface area contributed by atoms with Crippen LogP contribution in [0.3, 0.4) is 0 Å². The Bertz CT molecular complexity index is 487. The normalized spacial score (nSPS) is 20.3. The fourth-order valence-electron chi connectivity index (χ4n) is 2.75. The predicted molar refractivity (Wildman–Crippen MR) is 79.4 cm³/mol.